The Balaban J connectivity index is 2.27. The molecule has 0 aliphatic heterocycles. The van der Waals surface area contributed by atoms with E-state index in [1.54, 1.807) is 0 Å². The van der Waals surface area contributed by atoms with Crippen LogP contribution in [0.3, 0.4) is 0 Å². The molecule has 0 unspecified atom stereocenters. The van der Waals surface area contributed by atoms with Gasteiger partial charge >= 0.3 is 0 Å². The van der Waals surface area contributed by atoms with Crippen LogP contribution < -0.4 is 10.5 Å². The third-order valence-corrected chi connectivity index (χ3v) is 4.99. The van der Waals surface area contributed by atoms with Crippen molar-refractivity contribution in [2.24, 2.45) is 5.73 Å². The first-order valence-electron chi connectivity index (χ1n) is 5.52. The molecule has 1 saturated carbocycles. The third-order valence-electron chi connectivity index (χ3n) is 2.94. The number of hydrogen-bond donors (Lipinski definition) is 2. The highest BCUT2D eigenvalue weighted by atomic mass is 35.5. The van der Waals surface area contributed by atoms with Gasteiger partial charge in [0.2, 0.25) is 10.0 Å². The van der Waals surface area contributed by atoms with E-state index in [4.69, 9.17) is 29.6 Å². The van der Waals surface area contributed by atoms with Gasteiger partial charge in [-0.2, -0.15) is 0 Å². The average Bonchev–Trinajstić information content (AvgIpc) is 2.23. The minimum Gasteiger partial charge on any atom is -0.389 e. The van der Waals surface area contributed by atoms with Crippen molar-refractivity contribution < 1.29 is 8.42 Å². The molecule has 3 N–H and O–H groups in total. The highest BCUT2D eigenvalue weighted by Gasteiger charge is 2.25. The second-order valence-electron chi connectivity index (χ2n) is 4.26. The van der Waals surface area contributed by atoms with Gasteiger partial charge < -0.3 is 5.73 Å². The summed E-state index contributed by atoms with van der Waals surface area (Å²) in [6, 6.07) is 4.40. The number of sulfonamides is 1. The van der Waals surface area contributed by atoms with E-state index in [1.807, 2.05) is 0 Å². The lowest BCUT2D eigenvalue weighted by Gasteiger charge is -2.26. The zero-order valence-electron chi connectivity index (χ0n) is 9.52. The fraction of sp³-hybridized carbons (Fsp3) is 0.364. The average molecular weight is 305 g/mol. The molecule has 7 heteroatoms. The highest BCUT2D eigenvalue weighted by molar-refractivity contribution is 7.89. The minimum absolute atomic E-state index is 0.0454. The first kappa shape index (κ1) is 13.7. The lowest BCUT2D eigenvalue weighted by atomic mass is 9.94. The summed E-state index contributed by atoms with van der Waals surface area (Å²) in [5.41, 5.74) is 5.95. The monoisotopic (exact) mass is 304 g/mol. The number of nitrogens with two attached hydrogens (primary N) is 1. The second-order valence-corrected chi connectivity index (χ2v) is 6.82. The van der Waals surface area contributed by atoms with Gasteiger partial charge in [-0.15, -0.1) is 0 Å². The molecule has 0 heterocycles. The van der Waals surface area contributed by atoms with Crippen LogP contribution >= 0.6 is 23.8 Å². The molecular formula is C11H13ClN2O2S2. The summed E-state index contributed by atoms with van der Waals surface area (Å²) in [6.07, 6.45) is 2.84. The number of thiocarbonyl (C=S) groups is 1. The van der Waals surface area contributed by atoms with Crippen LogP contribution in [0.2, 0.25) is 5.02 Å². The normalized spacial score (nSPS) is 16.3. The molecule has 1 fully saturated rings. The van der Waals surface area contributed by atoms with Crippen molar-refractivity contribution in [2.45, 2.75) is 30.2 Å². The van der Waals surface area contributed by atoms with Crippen molar-refractivity contribution in [3.63, 3.8) is 0 Å². The van der Waals surface area contributed by atoms with E-state index in [0.717, 1.165) is 19.3 Å². The Morgan fingerprint density at radius 1 is 1.44 bits per heavy atom. The fourth-order valence-electron chi connectivity index (χ4n) is 1.68. The number of halogens is 1. The molecule has 0 saturated heterocycles. The van der Waals surface area contributed by atoms with E-state index in [1.165, 1.54) is 18.2 Å². The molecule has 18 heavy (non-hydrogen) atoms. The van der Waals surface area contributed by atoms with E-state index in [2.05, 4.69) is 4.72 Å². The summed E-state index contributed by atoms with van der Waals surface area (Å²) in [5.74, 6) is 0. The predicted octanol–water partition coefficient (Wildman–Crippen LogP) is 1.80. The molecule has 0 bridgehead atoms. The maximum absolute atomic E-state index is 12.0. The van der Waals surface area contributed by atoms with Crippen LogP contribution in [0.25, 0.3) is 0 Å². The molecule has 1 aromatic rings. The van der Waals surface area contributed by atoms with Gasteiger partial charge in [-0.05, 0) is 31.0 Å². The SMILES string of the molecule is NC(=S)c1ccc(S(=O)(=O)NC2CCC2)cc1Cl. The van der Waals surface area contributed by atoms with E-state index < -0.39 is 10.0 Å². The number of hydrogen-bond acceptors (Lipinski definition) is 3. The van der Waals surface area contributed by atoms with E-state index in [-0.39, 0.29) is 20.9 Å². The molecule has 1 aliphatic rings. The molecule has 0 radical (unpaired) electrons. The summed E-state index contributed by atoms with van der Waals surface area (Å²) >= 11 is 10.8. The van der Waals surface area contributed by atoms with Gasteiger partial charge in [0.15, 0.2) is 0 Å². The predicted molar refractivity (Wildman–Crippen MR) is 75.3 cm³/mol. The van der Waals surface area contributed by atoms with Crippen LogP contribution in [0.5, 0.6) is 0 Å². The third kappa shape index (κ3) is 2.83. The zero-order chi connectivity index (χ0) is 13.3. The van der Waals surface area contributed by atoms with Crippen LogP contribution in [0, 0.1) is 0 Å². The minimum atomic E-state index is -3.50. The van der Waals surface area contributed by atoms with Crippen LogP contribution in [0.15, 0.2) is 23.1 Å². The summed E-state index contributed by atoms with van der Waals surface area (Å²) in [5, 5.41) is 0.249. The topological polar surface area (TPSA) is 72.2 Å². The zero-order valence-corrected chi connectivity index (χ0v) is 11.9. The molecule has 0 spiro atoms. The van der Waals surface area contributed by atoms with Crippen molar-refractivity contribution in [3.8, 4) is 0 Å². The lowest BCUT2D eigenvalue weighted by Crippen LogP contribution is -2.39. The van der Waals surface area contributed by atoms with E-state index in [0.29, 0.717) is 5.56 Å². The number of rotatable bonds is 4. The van der Waals surface area contributed by atoms with E-state index >= 15 is 0 Å². The molecule has 2 rings (SSSR count). The van der Waals surface area contributed by atoms with Gasteiger partial charge in [0.05, 0.1) is 9.92 Å². The Labute approximate surface area is 117 Å². The van der Waals surface area contributed by atoms with Gasteiger partial charge in [0.1, 0.15) is 4.99 Å². The van der Waals surface area contributed by atoms with Gasteiger partial charge in [-0.25, -0.2) is 13.1 Å². The molecule has 98 valence electrons. The Morgan fingerprint density at radius 2 is 2.11 bits per heavy atom. The van der Waals surface area contributed by atoms with Gasteiger partial charge in [0.25, 0.3) is 0 Å². The van der Waals surface area contributed by atoms with Crippen molar-refractivity contribution in [3.05, 3.63) is 28.8 Å². The highest BCUT2D eigenvalue weighted by Crippen LogP contribution is 2.24. The standard InChI is InChI=1S/C11H13ClN2O2S2/c12-10-6-8(4-5-9(10)11(13)17)18(15,16)14-7-2-1-3-7/h4-7,14H,1-3H2,(H2,13,17). The summed E-state index contributed by atoms with van der Waals surface area (Å²) in [4.78, 5) is 0.287. The van der Waals surface area contributed by atoms with Crippen molar-refractivity contribution in [1.82, 2.24) is 4.72 Å². The summed E-state index contributed by atoms with van der Waals surface area (Å²) in [7, 11) is -3.50. The second kappa shape index (κ2) is 5.13. The van der Waals surface area contributed by atoms with Crippen LogP contribution in [-0.4, -0.2) is 19.4 Å². The molecule has 4 nitrogen and oxygen atoms in total. The Morgan fingerprint density at radius 3 is 2.56 bits per heavy atom. The maximum Gasteiger partial charge on any atom is 0.240 e. The molecule has 0 aromatic heterocycles. The molecule has 1 aliphatic carbocycles. The van der Waals surface area contributed by atoms with E-state index in [9.17, 15) is 8.42 Å². The quantitative estimate of drug-likeness (QED) is 0.832. The van der Waals surface area contributed by atoms with Crippen LogP contribution in [0.1, 0.15) is 24.8 Å². The van der Waals surface area contributed by atoms with Gasteiger partial charge in [-0.3, -0.25) is 0 Å². The first-order valence-corrected chi connectivity index (χ1v) is 7.79. The van der Waals surface area contributed by atoms with Crippen molar-refractivity contribution >= 4 is 38.8 Å². The Bertz CT molecular complexity index is 583. The summed E-state index contributed by atoms with van der Waals surface area (Å²) < 4.78 is 26.7. The Hall–Kier alpha value is -0.690. The largest absolute Gasteiger partial charge is 0.389 e. The lowest BCUT2D eigenvalue weighted by molar-refractivity contribution is 0.383. The Kier molecular flexibility index (Phi) is 3.91. The summed E-state index contributed by atoms with van der Waals surface area (Å²) in [6.45, 7) is 0. The first-order chi connectivity index (χ1) is 8.40. The van der Waals surface area contributed by atoms with Gasteiger partial charge in [-0.1, -0.05) is 30.2 Å². The van der Waals surface area contributed by atoms with Crippen molar-refractivity contribution in [2.75, 3.05) is 0 Å². The number of nitrogens with one attached hydrogen (secondary N) is 1. The molecule has 1 aromatic carbocycles. The smallest absolute Gasteiger partial charge is 0.240 e. The number of benzene rings is 1. The van der Waals surface area contributed by atoms with Gasteiger partial charge in [0, 0.05) is 11.6 Å². The molecule has 0 atom stereocenters. The van der Waals surface area contributed by atoms with Crippen LogP contribution in [-0.2, 0) is 10.0 Å². The molecule has 0 amide bonds. The van der Waals surface area contributed by atoms with Crippen molar-refractivity contribution in [1.29, 1.82) is 0 Å². The maximum atomic E-state index is 12.0. The molecular weight excluding hydrogens is 292 g/mol. The fourth-order valence-corrected chi connectivity index (χ4v) is 3.59. The van der Waals surface area contributed by atoms with Crippen LogP contribution in [0.4, 0.5) is 0 Å².